The van der Waals surface area contributed by atoms with Crippen molar-refractivity contribution in [1.82, 2.24) is 19.9 Å². The van der Waals surface area contributed by atoms with Crippen molar-refractivity contribution in [1.29, 1.82) is 0 Å². The number of H-pyrrole nitrogens is 1. The van der Waals surface area contributed by atoms with Crippen LogP contribution in [0.15, 0.2) is 41.2 Å². The Morgan fingerprint density at radius 2 is 1.84 bits per heavy atom. The molecule has 124 valence electrons. The molecule has 0 saturated heterocycles. The molecule has 4 rings (SSSR count). The molecule has 0 atom stereocenters. The molecular weight excluding hydrogens is 356 g/mol. The zero-order valence-electron chi connectivity index (χ0n) is 13.5. The first-order chi connectivity index (χ1) is 12.0. The van der Waals surface area contributed by atoms with Crippen molar-refractivity contribution < 1.29 is 0 Å². The van der Waals surface area contributed by atoms with Gasteiger partial charge in [0.1, 0.15) is 16.4 Å². The van der Waals surface area contributed by atoms with E-state index in [1.165, 1.54) is 10.9 Å². The maximum atomic E-state index is 11.6. The first-order valence-electron chi connectivity index (χ1n) is 7.62. The third-order valence-corrected chi connectivity index (χ3v) is 4.93. The van der Waals surface area contributed by atoms with Gasteiger partial charge in [0.05, 0.1) is 10.6 Å². The van der Waals surface area contributed by atoms with Crippen LogP contribution in [0.2, 0.25) is 5.15 Å². The van der Waals surface area contributed by atoms with E-state index in [9.17, 15) is 4.79 Å². The smallest absolute Gasteiger partial charge is 0.249 e. The summed E-state index contributed by atoms with van der Waals surface area (Å²) in [5, 5.41) is 0.409. The molecule has 25 heavy (non-hydrogen) atoms. The van der Waals surface area contributed by atoms with E-state index in [1.807, 2.05) is 32.0 Å². The average molecular weight is 369 g/mol. The summed E-state index contributed by atoms with van der Waals surface area (Å²) in [6, 6.07) is 10.9. The molecule has 7 heteroatoms. The Balaban J connectivity index is 2.06. The van der Waals surface area contributed by atoms with Gasteiger partial charge in [-0.1, -0.05) is 11.6 Å². The number of nitrogens with one attached hydrogen (secondary N) is 1. The van der Waals surface area contributed by atoms with Crippen LogP contribution in [0, 0.1) is 13.8 Å². The minimum atomic E-state index is -0.203. The molecule has 0 bridgehead atoms. The summed E-state index contributed by atoms with van der Waals surface area (Å²) in [7, 11) is 0. The molecule has 0 saturated carbocycles. The Morgan fingerprint density at radius 1 is 1.00 bits per heavy atom. The van der Waals surface area contributed by atoms with E-state index < -0.39 is 0 Å². The maximum absolute atomic E-state index is 11.6. The molecule has 0 fully saturated rings. The van der Waals surface area contributed by atoms with Crippen molar-refractivity contribution in [2.75, 3.05) is 0 Å². The van der Waals surface area contributed by atoms with Crippen LogP contribution in [0.3, 0.4) is 0 Å². The number of pyridine rings is 2. The molecule has 0 unspecified atom stereocenters. The van der Waals surface area contributed by atoms with E-state index >= 15 is 0 Å². The second kappa shape index (κ2) is 6.06. The summed E-state index contributed by atoms with van der Waals surface area (Å²) >= 11 is 7.77. The predicted octanol–water partition coefficient (Wildman–Crippen LogP) is 4.38. The molecule has 5 nitrogen and oxygen atoms in total. The number of hydrogen-bond acceptors (Lipinski definition) is 5. The summed E-state index contributed by atoms with van der Waals surface area (Å²) in [5.74, 6) is 0. The molecule has 1 N–H and O–H groups in total. The van der Waals surface area contributed by atoms with Gasteiger partial charge in [-0.2, -0.15) is 0 Å². The van der Waals surface area contributed by atoms with Gasteiger partial charge in [0.2, 0.25) is 5.56 Å². The molecule has 0 amide bonds. The molecule has 4 aromatic rings. The number of hydrogen-bond donors (Lipinski definition) is 1. The molecule has 0 aliphatic heterocycles. The van der Waals surface area contributed by atoms with E-state index in [-0.39, 0.29) is 5.56 Å². The van der Waals surface area contributed by atoms with Crippen LogP contribution < -0.4 is 5.56 Å². The maximum Gasteiger partial charge on any atom is 0.249 e. The summed E-state index contributed by atoms with van der Waals surface area (Å²) < 4.78 is 0. The van der Waals surface area contributed by atoms with E-state index in [0.717, 1.165) is 16.1 Å². The molecule has 4 aromatic heterocycles. The molecule has 4 heterocycles. The van der Waals surface area contributed by atoms with Gasteiger partial charge in [-0.3, -0.25) is 4.79 Å². The van der Waals surface area contributed by atoms with Crippen LogP contribution in [-0.4, -0.2) is 19.9 Å². The van der Waals surface area contributed by atoms with Gasteiger partial charge in [0.25, 0.3) is 0 Å². The number of fused-ring (bicyclic) bond motifs is 1. The second-order valence-electron chi connectivity index (χ2n) is 5.71. The van der Waals surface area contributed by atoms with E-state index in [4.69, 9.17) is 16.6 Å². The van der Waals surface area contributed by atoms with E-state index in [1.54, 1.807) is 23.5 Å². The van der Waals surface area contributed by atoms with Crippen molar-refractivity contribution in [3.05, 3.63) is 62.5 Å². The van der Waals surface area contributed by atoms with Gasteiger partial charge >= 0.3 is 0 Å². The normalized spacial score (nSPS) is 11.2. The summed E-state index contributed by atoms with van der Waals surface area (Å²) in [5.41, 5.74) is 3.97. The highest BCUT2D eigenvalue weighted by Gasteiger charge is 2.16. The van der Waals surface area contributed by atoms with Gasteiger partial charge < -0.3 is 4.98 Å². The fraction of sp³-hybridized carbons (Fsp3) is 0.111. The largest absolute Gasteiger partial charge is 0.305 e. The minimum absolute atomic E-state index is 0.203. The van der Waals surface area contributed by atoms with Gasteiger partial charge in [0.15, 0.2) is 5.65 Å². The Kier molecular flexibility index (Phi) is 3.86. The quantitative estimate of drug-likeness (QED) is 0.533. The average Bonchev–Trinajstić information content (AvgIpc) is 2.99. The van der Waals surface area contributed by atoms with Crippen LogP contribution in [0.4, 0.5) is 0 Å². The van der Waals surface area contributed by atoms with Gasteiger partial charge in [-0.25, -0.2) is 15.0 Å². The lowest BCUT2D eigenvalue weighted by molar-refractivity contribution is 1.18. The molecular formula is C18H13ClN4OS. The third-order valence-electron chi connectivity index (χ3n) is 3.73. The Morgan fingerprint density at radius 3 is 2.56 bits per heavy atom. The minimum Gasteiger partial charge on any atom is -0.305 e. The number of aryl methyl sites for hydroxylation is 2. The first kappa shape index (κ1) is 15.9. The van der Waals surface area contributed by atoms with Crippen molar-refractivity contribution in [2.45, 2.75) is 13.8 Å². The van der Waals surface area contributed by atoms with Gasteiger partial charge in [-0.05, 0) is 44.2 Å². The number of aromatic nitrogens is 4. The highest BCUT2D eigenvalue weighted by Crippen LogP contribution is 2.35. The molecule has 0 spiro atoms. The summed E-state index contributed by atoms with van der Waals surface area (Å²) in [4.78, 5) is 30.2. The van der Waals surface area contributed by atoms with Crippen LogP contribution in [0.5, 0.6) is 0 Å². The number of nitrogens with zero attached hydrogens (tertiary/aromatic N) is 3. The Labute approximate surface area is 152 Å². The number of thiophene rings is 1. The Hall–Kier alpha value is -2.57. The van der Waals surface area contributed by atoms with E-state index in [0.29, 0.717) is 27.7 Å². The lowest BCUT2D eigenvalue weighted by atomic mass is 10.1. The highest BCUT2D eigenvalue weighted by atomic mass is 35.5. The standard InChI is InChI=1S/C18H13ClN4OS/c1-9-7-11(8-14(19)20-9)16-17(13-5-3-10(2)25-13)23-18-12(21-16)4-6-15(24)22-18/h3-8H,1-2H3,(H,22,23,24). The van der Waals surface area contributed by atoms with Crippen LogP contribution in [-0.2, 0) is 0 Å². The summed E-state index contributed by atoms with van der Waals surface area (Å²) in [6.45, 7) is 3.92. The fourth-order valence-corrected chi connectivity index (χ4v) is 3.78. The Bertz CT molecular complexity index is 1150. The molecule has 0 aliphatic rings. The zero-order chi connectivity index (χ0) is 17.6. The van der Waals surface area contributed by atoms with Crippen LogP contribution in [0.1, 0.15) is 10.6 Å². The fourth-order valence-electron chi connectivity index (χ4n) is 2.67. The topological polar surface area (TPSA) is 71.5 Å². The lowest BCUT2D eigenvalue weighted by Crippen LogP contribution is -2.06. The molecule has 0 aliphatic carbocycles. The van der Waals surface area contributed by atoms with Crippen LogP contribution >= 0.6 is 22.9 Å². The number of halogens is 1. The monoisotopic (exact) mass is 368 g/mol. The van der Waals surface area contributed by atoms with Gasteiger partial charge in [0, 0.05) is 22.2 Å². The zero-order valence-corrected chi connectivity index (χ0v) is 15.1. The number of rotatable bonds is 2. The van der Waals surface area contributed by atoms with E-state index in [2.05, 4.69) is 15.0 Å². The van der Waals surface area contributed by atoms with Crippen molar-refractivity contribution >= 4 is 34.1 Å². The van der Waals surface area contributed by atoms with Crippen molar-refractivity contribution in [2.24, 2.45) is 0 Å². The van der Waals surface area contributed by atoms with Gasteiger partial charge in [-0.15, -0.1) is 11.3 Å². The number of aromatic amines is 1. The lowest BCUT2D eigenvalue weighted by Gasteiger charge is -2.09. The third kappa shape index (κ3) is 3.06. The van der Waals surface area contributed by atoms with Crippen LogP contribution in [0.25, 0.3) is 33.0 Å². The first-order valence-corrected chi connectivity index (χ1v) is 8.81. The van der Waals surface area contributed by atoms with Crippen molar-refractivity contribution in [3.63, 3.8) is 0 Å². The van der Waals surface area contributed by atoms with Crippen molar-refractivity contribution in [3.8, 4) is 21.8 Å². The summed E-state index contributed by atoms with van der Waals surface area (Å²) in [6.07, 6.45) is 0. The molecule has 0 aromatic carbocycles. The molecule has 0 radical (unpaired) electrons. The SMILES string of the molecule is Cc1cc(-c2nc3ccc(=O)[nH]c3nc2-c2ccc(C)s2)cc(Cl)n1. The predicted molar refractivity (Wildman–Crippen MR) is 101 cm³/mol. The highest BCUT2D eigenvalue weighted by molar-refractivity contribution is 7.15. The second-order valence-corrected chi connectivity index (χ2v) is 7.38.